The van der Waals surface area contributed by atoms with E-state index in [1.807, 2.05) is 76.2 Å². The normalized spacial score (nSPS) is 8.47. The molecule has 0 heterocycles. The fourth-order valence-electron chi connectivity index (χ4n) is 1.41. The van der Waals surface area contributed by atoms with E-state index in [0.29, 0.717) is 16.0 Å². The van der Waals surface area contributed by atoms with Gasteiger partial charge in [-0.05, 0) is 12.1 Å². The Hall–Kier alpha value is -1.54. The van der Waals surface area contributed by atoms with E-state index in [1.165, 1.54) is 0 Å². The van der Waals surface area contributed by atoms with Crippen LogP contribution in [0.2, 0.25) is 0 Å². The van der Waals surface area contributed by atoms with E-state index in [0.717, 1.165) is 0 Å². The van der Waals surface area contributed by atoms with Crippen molar-refractivity contribution in [3.05, 3.63) is 65.7 Å². The molecule has 0 fully saturated rings. The van der Waals surface area contributed by atoms with E-state index >= 15 is 0 Å². The van der Waals surface area contributed by atoms with Crippen molar-refractivity contribution >= 4 is 18.4 Å². The number of rotatable bonds is 2. The third-order valence-electron chi connectivity index (χ3n) is 2.18. The van der Waals surface area contributed by atoms with Crippen LogP contribution in [0.25, 0.3) is 0 Å². The summed E-state index contributed by atoms with van der Waals surface area (Å²) in [6.45, 7) is 8.00. The Bertz CT molecular complexity index is 478. The number of carbonyl (C=O) groups is 1. The first-order valence-corrected chi connectivity index (χ1v) is 7.11. The maximum atomic E-state index is 12.0. The van der Waals surface area contributed by atoms with Gasteiger partial charge in [0.25, 0.3) is 0 Å². The predicted octanol–water partition coefficient (Wildman–Crippen LogP) is 5.26. The molecule has 2 aromatic carbocycles. The van der Waals surface area contributed by atoms with Crippen molar-refractivity contribution in [3.8, 4) is 0 Å². The molecule has 102 valence electrons. The molecule has 0 aliphatic rings. The van der Waals surface area contributed by atoms with Crippen LogP contribution in [-0.2, 0) is 0 Å². The summed E-state index contributed by atoms with van der Waals surface area (Å²) in [5.74, 6) is 0.0150. The number of ketones is 1. The van der Waals surface area contributed by atoms with Gasteiger partial charge in [-0.1, -0.05) is 70.2 Å². The van der Waals surface area contributed by atoms with Crippen LogP contribution in [0.1, 0.15) is 43.6 Å². The predicted molar refractivity (Wildman–Crippen MR) is 86.3 cm³/mol. The summed E-state index contributed by atoms with van der Waals surface area (Å²) in [6.07, 6.45) is 0. The molecular weight excluding hydrogens is 252 g/mol. The van der Waals surface area contributed by atoms with Crippen molar-refractivity contribution in [2.24, 2.45) is 0 Å². The maximum absolute atomic E-state index is 12.0. The molecule has 2 rings (SSSR count). The van der Waals surface area contributed by atoms with Crippen LogP contribution < -0.4 is 0 Å². The van der Waals surface area contributed by atoms with Crippen molar-refractivity contribution in [1.29, 1.82) is 0 Å². The Balaban J connectivity index is 0.000000741. The van der Waals surface area contributed by atoms with Gasteiger partial charge in [0.2, 0.25) is 0 Å². The highest BCUT2D eigenvalue weighted by Gasteiger charge is 2.10. The third kappa shape index (κ3) is 5.31. The van der Waals surface area contributed by atoms with E-state index in [2.05, 4.69) is 12.6 Å². The highest BCUT2D eigenvalue weighted by molar-refractivity contribution is 7.80. The van der Waals surface area contributed by atoms with Gasteiger partial charge in [0, 0.05) is 16.0 Å². The molecule has 0 saturated heterocycles. The number of carbonyl (C=O) groups excluding carboxylic acids is 1. The second-order valence-electron chi connectivity index (χ2n) is 3.21. The fraction of sp³-hybridized carbons (Fsp3) is 0.235. The van der Waals surface area contributed by atoms with Gasteiger partial charge in [0.1, 0.15) is 0 Å². The Kier molecular flexibility index (Phi) is 9.55. The van der Waals surface area contributed by atoms with Crippen molar-refractivity contribution in [1.82, 2.24) is 0 Å². The first-order chi connectivity index (χ1) is 9.29. The third-order valence-corrected chi connectivity index (χ3v) is 2.57. The summed E-state index contributed by atoms with van der Waals surface area (Å²) in [4.78, 5) is 12.7. The van der Waals surface area contributed by atoms with E-state index < -0.39 is 0 Å². The lowest BCUT2D eigenvalue weighted by Gasteiger charge is -2.03. The monoisotopic (exact) mass is 274 g/mol. The van der Waals surface area contributed by atoms with Crippen LogP contribution in [-0.4, -0.2) is 5.78 Å². The molecule has 0 aromatic heterocycles. The van der Waals surface area contributed by atoms with E-state index in [-0.39, 0.29) is 5.78 Å². The van der Waals surface area contributed by atoms with Gasteiger partial charge in [-0.3, -0.25) is 4.79 Å². The van der Waals surface area contributed by atoms with Crippen molar-refractivity contribution in [3.63, 3.8) is 0 Å². The van der Waals surface area contributed by atoms with Gasteiger partial charge in [0.05, 0.1) is 0 Å². The van der Waals surface area contributed by atoms with Gasteiger partial charge in [-0.15, -0.1) is 12.6 Å². The Morgan fingerprint density at radius 2 is 1.26 bits per heavy atom. The first kappa shape index (κ1) is 17.5. The van der Waals surface area contributed by atoms with Crippen LogP contribution in [0, 0.1) is 0 Å². The minimum Gasteiger partial charge on any atom is -0.289 e. The molecule has 0 amide bonds. The van der Waals surface area contributed by atoms with E-state index in [9.17, 15) is 4.79 Å². The minimum absolute atomic E-state index is 0.0150. The van der Waals surface area contributed by atoms with Crippen LogP contribution in [0.4, 0.5) is 0 Å². The zero-order valence-corrected chi connectivity index (χ0v) is 12.9. The number of benzene rings is 2. The van der Waals surface area contributed by atoms with Gasteiger partial charge < -0.3 is 0 Å². The smallest absolute Gasteiger partial charge is 0.194 e. The second-order valence-corrected chi connectivity index (χ2v) is 3.69. The highest BCUT2D eigenvalue weighted by Crippen LogP contribution is 2.17. The van der Waals surface area contributed by atoms with Crippen molar-refractivity contribution in [2.75, 3.05) is 0 Å². The molecule has 0 unspecified atom stereocenters. The number of hydrogen-bond donors (Lipinski definition) is 1. The number of thiol groups is 1. The second kappa shape index (κ2) is 10.4. The SMILES string of the molecule is CC.CC.O=C(c1ccccc1)c1ccccc1S. The molecule has 19 heavy (non-hydrogen) atoms. The van der Waals surface area contributed by atoms with Gasteiger partial charge >= 0.3 is 0 Å². The highest BCUT2D eigenvalue weighted by atomic mass is 32.1. The average molecular weight is 274 g/mol. The molecule has 1 nitrogen and oxygen atoms in total. The molecule has 0 aliphatic heterocycles. The standard InChI is InChI=1S/C13H10OS.2C2H6/c14-13(10-6-2-1-3-7-10)11-8-4-5-9-12(11)15;2*1-2/h1-9,15H;2*1-2H3. The van der Waals surface area contributed by atoms with Gasteiger partial charge in [0.15, 0.2) is 5.78 Å². The lowest BCUT2D eigenvalue weighted by molar-refractivity contribution is 0.103. The van der Waals surface area contributed by atoms with Crippen molar-refractivity contribution < 1.29 is 4.79 Å². The van der Waals surface area contributed by atoms with Gasteiger partial charge in [-0.25, -0.2) is 0 Å². The molecule has 0 radical (unpaired) electrons. The van der Waals surface area contributed by atoms with Crippen LogP contribution >= 0.6 is 12.6 Å². The zero-order chi connectivity index (χ0) is 14.7. The molecule has 2 heteroatoms. The van der Waals surface area contributed by atoms with Crippen LogP contribution in [0.3, 0.4) is 0 Å². The summed E-state index contributed by atoms with van der Waals surface area (Å²) in [5, 5.41) is 0. The Morgan fingerprint density at radius 3 is 1.79 bits per heavy atom. The lowest BCUT2D eigenvalue weighted by Crippen LogP contribution is -2.01. The summed E-state index contributed by atoms with van der Waals surface area (Å²) in [6, 6.07) is 16.5. The van der Waals surface area contributed by atoms with Gasteiger partial charge in [-0.2, -0.15) is 0 Å². The average Bonchev–Trinajstić information content (AvgIpc) is 2.52. The summed E-state index contributed by atoms with van der Waals surface area (Å²) >= 11 is 4.27. The van der Waals surface area contributed by atoms with E-state index in [1.54, 1.807) is 6.07 Å². The fourth-order valence-corrected chi connectivity index (χ4v) is 1.67. The molecule has 0 N–H and O–H groups in total. The molecule has 0 saturated carbocycles. The Morgan fingerprint density at radius 1 is 0.789 bits per heavy atom. The molecule has 2 aromatic rings. The molecule has 0 spiro atoms. The number of hydrogen-bond acceptors (Lipinski definition) is 2. The van der Waals surface area contributed by atoms with E-state index in [4.69, 9.17) is 0 Å². The quantitative estimate of drug-likeness (QED) is 0.584. The summed E-state index contributed by atoms with van der Waals surface area (Å²) in [7, 11) is 0. The Labute approximate surface area is 122 Å². The molecule has 0 bridgehead atoms. The summed E-state index contributed by atoms with van der Waals surface area (Å²) < 4.78 is 0. The topological polar surface area (TPSA) is 17.1 Å². The molecular formula is C17H22OS. The largest absolute Gasteiger partial charge is 0.289 e. The molecule has 0 atom stereocenters. The zero-order valence-electron chi connectivity index (χ0n) is 12.1. The first-order valence-electron chi connectivity index (χ1n) is 6.67. The minimum atomic E-state index is 0.0150. The molecule has 0 aliphatic carbocycles. The van der Waals surface area contributed by atoms with Crippen molar-refractivity contribution in [2.45, 2.75) is 32.6 Å². The lowest BCUT2D eigenvalue weighted by atomic mass is 10.0. The van der Waals surface area contributed by atoms with Crippen LogP contribution in [0.5, 0.6) is 0 Å². The summed E-state index contributed by atoms with van der Waals surface area (Å²) in [5.41, 5.74) is 1.34. The maximum Gasteiger partial charge on any atom is 0.194 e. The van der Waals surface area contributed by atoms with Crippen LogP contribution in [0.15, 0.2) is 59.5 Å².